The molecule has 1 aromatic heterocycles. The van der Waals surface area contributed by atoms with E-state index in [4.69, 9.17) is 16.0 Å². The largest absolute Gasteiger partial charge is 0.458 e. The number of carbonyl (C=O) groups is 1. The minimum Gasteiger partial charge on any atom is -0.458 e. The molecule has 1 aromatic rings. The van der Waals surface area contributed by atoms with E-state index in [-0.39, 0.29) is 11.7 Å². The Balaban J connectivity index is 1.80. The number of nitrogens with one attached hydrogen (secondary N) is 1. The normalized spacial score (nSPS) is 28.2. The molecule has 4 rings (SSSR count). The Morgan fingerprint density at radius 3 is 3.00 bits per heavy atom. The number of piperidine rings is 1. The van der Waals surface area contributed by atoms with E-state index in [9.17, 15) is 4.79 Å². The minimum atomic E-state index is -0.0828. The van der Waals surface area contributed by atoms with Gasteiger partial charge in [0.2, 0.25) is 5.76 Å². The van der Waals surface area contributed by atoms with E-state index in [1.165, 1.54) is 12.7 Å². The maximum atomic E-state index is 12.3. The summed E-state index contributed by atoms with van der Waals surface area (Å²) < 4.78 is 5.17. The summed E-state index contributed by atoms with van der Waals surface area (Å²) in [5, 5.41) is 3.87. The van der Waals surface area contributed by atoms with Gasteiger partial charge in [-0.2, -0.15) is 0 Å². The van der Waals surface area contributed by atoms with Gasteiger partial charge in [-0.15, -0.1) is 0 Å². The van der Waals surface area contributed by atoms with Crippen LogP contribution in [-0.4, -0.2) is 36.5 Å². The average molecular weight is 255 g/mol. The predicted molar refractivity (Wildman–Crippen MR) is 64.1 cm³/mol. The van der Waals surface area contributed by atoms with Crippen molar-refractivity contribution in [1.29, 1.82) is 0 Å². The molecule has 0 saturated carbocycles. The number of carbonyl (C=O) groups excluding carboxylic acids is 1. The van der Waals surface area contributed by atoms with E-state index in [0.717, 1.165) is 26.1 Å². The van der Waals surface area contributed by atoms with Gasteiger partial charge in [0.05, 0.1) is 11.3 Å². The first-order valence-electron chi connectivity index (χ1n) is 5.99. The fraction of sp³-hybridized carbons (Fsp3) is 0.583. The van der Waals surface area contributed by atoms with Gasteiger partial charge in [0.15, 0.2) is 0 Å². The molecule has 17 heavy (non-hydrogen) atoms. The Morgan fingerprint density at radius 2 is 2.35 bits per heavy atom. The lowest BCUT2D eigenvalue weighted by atomic mass is 9.97. The highest BCUT2D eigenvalue weighted by molar-refractivity contribution is 6.33. The quantitative estimate of drug-likeness (QED) is 0.831. The van der Waals surface area contributed by atoms with E-state index >= 15 is 0 Å². The van der Waals surface area contributed by atoms with Crippen molar-refractivity contribution in [3.8, 4) is 0 Å². The third kappa shape index (κ3) is 2.07. The number of furan rings is 1. The van der Waals surface area contributed by atoms with Crippen LogP contribution >= 0.6 is 11.6 Å². The van der Waals surface area contributed by atoms with Crippen LogP contribution in [0.2, 0.25) is 5.02 Å². The van der Waals surface area contributed by atoms with Gasteiger partial charge in [0.25, 0.3) is 5.91 Å². The van der Waals surface area contributed by atoms with Crippen molar-refractivity contribution in [3.05, 3.63) is 23.1 Å². The molecule has 2 bridgehead atoms. The molecule has 0 spiro atoms. The van der Waals surface area contributed by atoms with Crippen LogP contribution in [0.15, 0.2) is 16.7 Å². The highest BCUT2D eigenvalue weighted by Crippen LogP contribution is 2.25. The molecule has 4 nitrogen and oxygen atoms in total. The molecule has 4 heterocycles. The van der Waals surface area contributed by atoms with E-state index in [1.807, 2.05) is 4.90 Å². The van der Waals surface area contributed by atoms with Gasteiger partial charge in [-0.05, 0) is 31.4 Å². The second-order valence-electron chi connectivity index (χ2n) is 4.86. The Bertz CT molecular complexity index is 410. The highest BCUT2D eigenvalue weighted by Gasteiger charge is 2.33. The summed E-state index contributed by atoms with van der Waals surface area (Å²) in [7, 11) is 0. The third-order valence-corrected chi connectivity index (χ3v) is 3.93. The van der Waals surface area contributed by atoms with Gasteiger partial charge in [-0.25, -0.2) is 0 Å². The van der Waals surface area contributed by atoms with Gasteiger partial charge < -0.3 is 14.6 Å². The zero-order valence-electron chi connectivity index (χ0n) is 9.49. The van der Waals surface area contributed by atoms with Gasteiger partial charge in [0, 0.05) is 19.1 Å². The number of hydrogen-bond donors (Lipinski definition) is 1. The molecule has 1 amide bonds. The lowest BCUT2D eigenvalue weighted by molar-refractivity contribution is 0.0717. The molecule has 5 heteroatoms. The Kier molecular flexibility index (Phi) is 2.84. The molecule has 0 aromatic carbocycles. The summed E-state index contributed by atoms with van der Waals surface area (Å²) in [6.07, 6.45) is 3.81. The van der Waals surface area contributed by atoms with Crippen molar-refractivity contribution in [2.75, 3.05) is 19.6 Å². The van der Waals surface area contributed by atoms with Gasteiger partial charge in [0.1, 0.15) is 0 Å². The van der Waals surface area contributed by atoms with Crippen molar-refractivity contribution < 1.29 is 9.21 Å². The minimum absolute atomic E-state index is 0.0828. The Labute approximate surface area is 105 Å². The molecule has 0 aliphatic carbocycles. The SMILES string of the molecule is O=C(c1occc1Cl)N1CC2CCC(C1)NC2. The number of rotatable bonds is 1. The van der Waals surface area contributed by atoms with Crippen LogP contribution in [-0.2, 0) is 0 Å². The second kappa shape index (κ2) is 4.35. The summed E-state index contributed by atoms with van der Waals surface area (Å²) in [4.78, 5) is 14.1. The van der Waals surface area contributed by atoms with Crippen molar-refractivity contribution in [1.82, 2.24) is 10.2 Å². The van der Waals surface area contributed by atoms with Crippen LogP contribution in [0, 0.1) is 5.92 Å². The molecular weight excluding hydrogens is 240 g/mol. The smallest absolute Gasteiger partial charge is 0.291 e. The van der Waals surface area contributed by atoms with Crippen molar-refractivity contribution in [2.24, 2.45) is 5.92 Å². The van der Waals surface area contributed by atoms with Crippen LogP contribution in [0.5, 0.6) is 0 Å². The van der Waals surface area contributed by atoms with Crippen LogP contribution in [0.1, 0.15) is 23.4 Å². The first kappa shape index (κ1) is 11.1. The standard InChI is InChI=1S/C12H15ClN2O2/c13-10-3-4-17-11(10)12(16)15-6-8-1-2-9(7-15)14-5-8/h3-4,8-9,14H,1-2,5-7H2. The van der Waals surface area contributed by atoms with Gasteiger partial charge in [-0.1, -0.05) is 11.6 Å². The number of halogens is 1. The summed E-state index contributed by atoms with van der Waals surface area (Å²) in [5.41, 5.74) is 0. The fourth-order valence-corrected chi connectivity index (χ4v) is 2.87. The molecule has 3 fully saturated rings. The predicted octanol–water partition coefficient (Wildman–Crippen LogP) is 1.76. The maximum absolute atomic E-state index is 12.3. The maximum Gasteiger partial charge on any atom is 0.291 e. The monoisotopic (exact) mass is 254 g/mol. The number of nitrogens with zero attached hydrogens (tertiary/aromatic N) is 1. The number of amides is 1. The summed E-state index contributed by atoms with van der Waals surface area (Å²) in [6, 6.07) is 2.03. The van der Waals surface area contributed by atoms with Crippen LogP contribution in [0.3, 0.4) is 0 Å². The van der Waals surface area contributed by atoms with Crippen LogP contribution in [0.4, 0.5) is 0 Å². The lowest BCUT2D eigenvalue weighted by Crippen LogP contribution is -2.40. The lowest BCUT2D eigenvalue weighted by Gasteiger charge is -2.22. The van der Waals surface area contributed by atoms with Crippen LogP contribution in [0.25, 0.3) is 0 Å². The van der Waals surface area contributed by atoms with Crippen molar-refractivity contribution in [3.63, 3.8) is 0 Å². The zero-order chi connectivity index (χ0) is 11.8. The van der Waals surface area contributed by atoms with E-state index in [1.54, 1.807) is 6.07 Å². The number of hydrogen-bond acceptors (Lipinski definition) is 3. The average Bonchev–Trinajstić information content (AvgIpc) is 2.57. The summed E-state index contributed by atoms with van der Waals surface area (Å²) in [6.45, 7) is 2.58. The topological polar surface area (TPSA) is 45.5 Å². The first-order chi connectivity index (χ1) is 8.24. The van der Waals surface area contributed by atoms with E-state index in [0.29, 0.717) is 17.0 Å². The fourth-order valence-electron chi connectivity index (χ4n) is 2.69. The molecule has 0 radical (unpaired) electrons. The molecule has 3 saturated heterocycles. The van der Waals surface area contributed by atoms with E-state index < -0.39 is 0 Å². The van der Waals surface area contributed by atoms with Crippen molar-refractivity contribution in [2.45, 2.75) is 18.9 Å². The van der Waals surface area contributed by atoms with Gasteiger partial charge >= 0.3 is 0 Å². The van der Waals surface area contributed by atoms with Gasteiger partial charge in [-0.3, -0.25) is 4.79 Å². The molecule has 2 atom stereocenters. The molecule has 2 unspecified atom stereocenters. The molecule has 92 valence electrons. The highest BCUT2D eigenvalue weighted by atomic mass is 35.5. The molecule has 3 aliphatic heterocycles. The summed E-state index contributed by atoms with van der Waals surface area (Å²) in [5.74, 6) is 0.750. The van der Waals surface area contributed by atoms with Crippen LogP contribution < -0.4 is 5.32 Å². The third-order valence-electron chi connectivity index (χ3n) is 3.64. The second-order valence-corrected chi connectivity index (χ2v) is 5.26. The summed E-state index contributed by atoms with van der Waals surface area (Å²) >= 11 is 5.93. The molecular formula is C12H15ClN2O2. The molecule has 3 aliphatic rings. The zero-order valence-corrected chi connectivity index (χ0v) is 10.2. The molecule has 1 N–H and O–H groups in total. The Morgan fingerprint density at radius 1 is 1.47 bits per heavy atom. The first-order valence-corrected chi connectivity index (χ1v) is 6.37. The number of fused-ring (bicyclic) bond motifs is 4. The Hall–Kier alpha value is -1.00. The van der Waals surface area contributed by atoms with Crippen molar-refractivity contribution >= 4 is 17.5 Å². The van der Waals surface area contributed by atoms with E-state index in [2.05, 4.69) is 5.32 Å².